The summed E-state index contributed by atoms with van der Waals surface area (Å²) in [6, 6.07) is 9.11. The number of nitrogens with zero attached hydrogens (tertiary/aromatic N) is 2. The summed E-state index contributed by atoms with van der Waals surface area (Å²) in [6.45, 7) is 6.11. The Morgan fingerprint density at radius 3 is 2.43 bits per heavy atom. The Bertz CT molecular complexity index is 477. The highest BCUT2D eigenvalue weighted by atomic mass is 16.2. The van der Waals surface area contributed by atoms with Gasteiger partial charge in [-0.3, -0.25) is 0 Å². The molecule has 116 valence electrons. The van der Waals surface area contributed by atoms with E-state index >= 15 is 0 Å². The minimum atomic E-state index is 0.121. The van der Waals surface area contributed by atoms with Gasteiger partial charge in [0.15, 0.2) is 0 Å². The second-order valence-electron chi connectivity index (χ2n) is 6.32. The molecule has 1 N–H and O–H groups in total. The van der Waals surface area contributed by atoms with Crippen molar-refractivity contribution in [1.82, 2.24) is 9.80 Å². The minimum absolute atomic E-state index is 0.121. The Labute approximate surface area is 128 Å². The SMILES string of the molecule is CC(C)c1ccccc1NC1CCN(C(=O)N(C)C)CC1. The van der Waals surface area contributed by atoms with Gasteiger partial charge in [-0.1, -0.05) is 32.0 Å². The van der Waals surface area contributed by atoms with E-state index in [0.717, 1.165) is 25.9 Å². The van der Waals surface area contributed by atoms with E-state index in [1.54, 1.807) is 4.90 Å². The second kappa shape index (κ2) is 6.83. The summed E-state index contributed by atoms with van der Waals surface area (Å²) in [5.41, 5.74) is 2.61. The van der Waals surface area contributed by atoms with Crippen LogP contribution in [0.1, 0.15) is 38.2 Å². The lowest BCUT2D eigenvalue weighted by Crippen LogP contribution is -2.46. The smallest absolute Gasteiger partial charge is 0.319 e. The van der Waals surface area contributed by atoms with Crippen LogP contribution >= 0.6 is 0 Å². The van der Waals surface area contributed by atoms with E-state index in [1.807, 2.05) is 19.0 Å². The molecule has 1 aliphatic heterocycles. The van der Waals surface area contributed by atoms with Crippen LogP contribution in [0, 0.1) is 0 Å². The number of amides is 2. The molecule has 0 aliphatic carbocycles. The lowest BCUT2D eigenvalue weighted by Gasteiger charge is -2.34. The third-order valence-electron chi connectivity index (χ3n) is 4.09. The maximum absolute atomic E-state index is 11.9. The van der Waals surface area contributed by atoms with Gasteiger partial charge in [0.2, 0.25) is 0 Å². The van der Waals surface area contributed by atoms with E-state index in [-0.39, 0.29) is 6.03 Å². The molecule has 4 nitrogen and oxygen atoms in total. The number of nitrogens with one attached hydrogen (secondary N) is 1. The third-order valence-corrected chi connectivity index (χ3v) is 4.09. The summed E-state index contributed by atoms with van der Waals surface area (Å²) in [7, 11) is 3.62. The number of piperidine rings is 1. The molecule has 0 spiro atoms. The molecule has 0 aromatic heterocycles. The van der Waals surface area contributed by atoms with Gasteiger partial charge in [0.05, 0.1) is 0 Å². The van der Waals surface area contributed by atoms with E-state index in [9.17, 15) is 4.79 Å². The maximum Gasteiger partial charge on any atom is 0.319 e. The quantitative estimate of drug-likeness (QED) is 0.926. The largest absolute Gasteiger partial charge is 0.382 e. The van der Waals surface area contributed by atoms with Crippen molar-refractivity contribution >= 4 is 11.7 Å². The lowest BCUT2D eigenvalue weighted by atomic mass is 9.99. The molecule has 4 heteroatoms. The molecule has 0 bridgehead atoms. The average molecular weight is 289 g/mol. The highest BCUT2D eigenvalue weighted by molar-refractivity contribution is 5.73. The molecule has 0 unspecified atom stereocenters. The highest BCUT2D eigenvalue weighted by Gasteiger charge is 2.24. The van der Waals surface area contributed by atoms with Crippen LogP contribution in [-0.2, 0) is 0 Å². The van der Waals surface area contributed by atoms with E-state index in [0.29, 0.717) is 12.0 Å². The fraction of sp³-hybridized carbons (Fsp3) is 0.588. The van der Waals surface area contributed by atoms with Crippen LogP contribution in [0.5, 0.6) is 0 Å². The number of carbonyl (C=O) groups excluding carboxylic acids is 1. The van der Waals surface area contributed by atoms with Gasteiger partial charge in [0.1, 0.15) is 0 Å². The number of likely N-dealkylation sites (tertiary alicyclic amines) is 1. The van der Waals surface area contributed by atoms with Gasteiger partial charge in [0.25, 0.3) is 0 Å². The summed E-state index contributed by atoms with van der Waals surface area (Å²) in [5, 5.41) is 3.67. The molecule has 1 heterocycles. The van der Waals surface area contributed by atoms with Crippen LogP contribution < -0.4 is 5.32 Å². The Hall–Kier alpha value is -1.71. The molecule has 0 atom stereocenters. The van der Waals surface area contributed by atoms with Crippen LogP contribution in [0.3, 0.4) is 0 Å². The number of rotatable bonds is 3. The number of hydrogen-bond acceptors (Lipinski definition) is 2. The average Bonchev–Trinajstić information content (AvgIpc) is 2.47. The molecule has 21 heavy (non-hydrogen) atoms. The zero-order chi connectivity index (χ0) is 15.4. The summed E-state index contributed by atoms with van der Waals surface area (Å²) >= 11 is 0. The Kier molecular flexibility index (Phi) is 5.10. The normalized spacial score (nSPS) is 16.1. The number of para-hydroxylation sites is 1. The first-order valence-electron chi connectivity index (χ1n) is 7.80. The van der Waals surface area contributed by atoms with Crippen molar-refractivity contribution in [3.63, 3.8) is 0 Å². The van der Waals surface area contributed by atoms with Gasteiger partial charge in [-0.05, 0) is 30.4 Å². The molecule has 1 aliphatic rings. The fourth-order valence-electron chi connectivity index (χ4n) is 2.85. The predicted molar refractivity (Wildman–Crippen MR) is 87.8 cm³/mol. The van der Waals surface area contributed by atoms with Crippen LogP contribution in [0.15, 0.2) is 24.3 Å². The predicted octanol–water partition coefficient (Wildman–Crippen LogP) is 3.37. The van der Waals surface area contributed by atoms with Crippen LogP contribution in [0.2, 0.25) is 0 Å². The third kappa shape index (κ3) is 3.90. The number of anilines is 1. The standard InChI is InChI=1S/C17H27N3O/c1-13(2)15-7-5-6-8-16(15)18-14-9-11-20(12-10-14)17(21)19(3)4/h5-8,13-14,18H,9-12H2,1-4H3. The molecule has 2 rings (SSSR count). The summed E-state index contributed by atoms with van der Waals surface area (Å²) in [6.07, 6.45) is 2.01. The number of urea groups is 1. The summed E-state index contributed by atoms with van der Waals surface area (Å²) < 4.78 is 0. The van der Waals surface area contributed by atoms with Crippen LogP contribution in [0.4, 0.5) is 10.5 Å². The number of hydrogen-bond donors (Lipinski definition) is 1. The molecular weight excluding hydrogens is 262 g/mol. The Balaban J connectivity index is 1.94. The molecule has 0 saturated carbocycles. The van der Waals surface area contributed by atoms with Gasteiger partial charge < -0.3 is 15.1 Å². The first-order valence-corrected chi connectivity index (χ1v) is 7.80. The van der Waals surface area contributed by atoms with Crippen LogP contribution in [-0.4, -0.2) is 49.1 Å². The van der Waals surface area contributed by atoms with Crippen molar-refractivity contribution in [2.24, 2.45) is 0 Å². The minimum Gasteiger partial charge on any atom is -0.382 e. The lowest BCUT2D eigenvalue weighted by molar-refractivity contribution is 0.158. The number of carbonyl (C=O) groups is 1. The van der Waals surface area contributed by atoms with Crippen molar-refractivity contribution in [2.45, 2.75) is 38.6 Å². The second-order valence-corrected chi connectivity index (χ2v) is 6.32. The van der Waals surface area contributed by atoms with Gasteiger partial charge in [-0.25, -0.2) is 4.79 Å². The molecular formula is C17H27N3O. The van der Waals surface area contributed by atoms with Crippen molar-refractivity contribution < 1.29 is 4.79 Å². The zero-order valence-electron chi connectivity index (χ0n) is 13.6. The maximum atomic E-state index is 11.9. The first-order chi connectivity index (χ1) is 9.99. The molecule has 1 aromatic rings. The molecule has 2 amide bonds. The van der Waals surface area contributed by atoms with Crippen molar-refractivity contribution in [3.8, 4) is 0 Å². The summed E-state index contributed by atoms with van der Waals surface area (Å²) in [5.74, 6) is 0.518. The van der Waals surface area contributed by atoms with Gasteiger partial charge >= 0.3 is 6.03 Å². The van der Waals surface area contributed by atoms with Gasteiger partial charge in [-0.2, -0.15) is 0 Å². The monoisotopic (exact) mass is 289 g/mol. The Morgan fingerprint density at radius 1 is 1.24 bits per heavy atom. The Morgan fingerprint density at radius 2 is 1.86 bits per heavy atom. The van der Waals surface area contributed by atoms with Gasteiger partial charge in [0, 0.05) is 38.9 Å². The van der Waals surface area contributed by atoms with Crippen LogP contribution in [0.25, 0.3) is 0 Å². The van der Waals surface area contributed by atoms with E-state index in [1.165, 1.54) is 11.3 Å². The zero-order valence-corrected chi connectivity index (χ0v) is 13.6. The van der Waals surface area contributed by atoms with E-state index in [4.69, 9.17) is 0 Å². The van der Waals surface area contributed by atoms with Gasteiger partial charge in [-0.15, -0.1) is 0 Å². The first kappa shape index (κ1) is 15.7. The van der Waals surface area contributed by atoms with Crippen molar-refractivity contribution in [3.05, 3.63) is 29.8 Å². The fourth-order valence-corrected chi connectivity index (χ4v) is 2.85. The highest BCUT2D eigenvalue weighted by Crippen LogP contribution is 2.26. The van der Waals surface area contributed by atoms with E-state index in [2.05, 4.69) is 43.4 Å². The molecule has 1 saturated heterocycles. The van der Waals surface area contributed by atoms with Crippen molar-refractivity contribution in [1.29, 1.82) is 0 Å². The molecule has 1 aromatic carbocycles. The van der Waals surface area contributed by atoms with E-state index < -0.39 is 0 Å². The molecule has 0 radical (unpaired) electrons. The number of benzene rings is 1. The summed E-state index contributed by atoms with van der Waals surface area (Å²) in [4.78, 5) is 15.5. The molecule has 1 fully saturated rings. The van der Waals surface area contributed by atoms with Crippen molar-refractivity contribution in [2.75, 3.05) is 32.5 Å². The topological polar surface area (TPSA) is 35.6 Å².